The van der Waals surface area contributed by atoms with Crippen LogP contribution in [0.5, 0.6) is 5.75 Å². The molecule has 0 aromatic heterocycles. The van der Waals surface area contributed by atoms with E-state index >= 15 is 0 Å². The molecule has 1 unspecified atom stereocenters. The maximum absolute atomic E-state index is 12.2. The second kappa shape index (κ2) is 9.94. The molecule has 4 amide bonds. The van der Waals surface area contributed by atoms with Crippen molar-refractivity contribution in [2.45, 2.75) is 11.7 Å². The molecule has 31 heavy (non-hydrogen) atoms. The Morgan fingerprint density at radius 3 is 2.45 bits per heavy atom. The fraction of sp³-hybridized carbons (Fsp3) is 0.250. The van der Waals surface area contributed by atoms with Gasteiger partial charge < -0.3 is 15.0 Å². The van der Waals surface area contributed by atoms with Crippen LogP contribution in [0.25, 0.3) is 0 Å². The number of non-ortho nitro benzene ring substituents is 1. The number of nitro benzene ring substituents is 1. The van der Waals surface area contributed by atoms with Crippen LogP contribution in [0.4, 0.5) is 21.0 Å². The molecule has 1 atom stereocenters. The first kappa shape index (κ1) is 22.1. The molecule has 1 saturated heterocycles. The molecule has 10 nitrogen and oxygen atoms in total. The minimum atomic E-state index is -0.507. The first-order valence-electron chi connectivity index (χ1n) is 9.31. The van der Waals surface area contributed by atoms with Gasteiger partial charge in [0.15, 0.2) is 0 Å². The third kappa shape index (κ3) is 6.19. The number of anilines is 1. The van der Waals surface area contributed by atoms with Gasteiger partial charge in [-0.1, -0.05) is 23.9 Å². The summed E-state index contributed by atoms with van der Waals surface area (Å²) in [5, 5.41) is 14.8. The van der Waals surface area contributed by atoms with Gasteiger partial charge in [0.2, 0.25) is 5.91 Å². The van der Waals surface area contributed by atoms with Gasteiger partial charge in [0.25, 0.3) is 10.9 Å². The quantitative estimate of drug-likeness (QED) is 0.473. The molecule has 0 aliphatic carbocycles. The Morgan fingerprint density at radius 1 is 1.19 bits per heavy atom. The van der Waals surface area contributed by atoms with E-state index in [4.69, 9.17) is 4.74 Å². The number of likely N-dealkylation sites (N-methyl/N-ethyl adjacent to an activating group) is 1. The second-order valence-electron chi connectivity index (χ2n) is 6.74. The fourth-order valence-corrected chi connectivity index (χ4v) is 3.61. The molecular weight excluding hydrogens is 424 g/mol. The van der Waals surface area contributed by atoms with E-state index in [-0.39, 0.29) is 29.5 Å². The summed E-state index contributed by atoms with van der Waals surface area (Å²) in [6, 6.07) is 12.4. The van der Waals surface area contributed by atoms with Gasteiger partial charge in [-0.15, -0.1) is 0 Å². The maximum Gasteiger partial charge on any atom is 0.321 e. The van der Waals surface area contributed by atoms with Gasteiger partial charge in [-0.3, -0.25) is 25.0 Å². The third-order valence-electron chi connectivity index (χ3n) is 4.48. The van der Waals surface area contributed by atoms with Crippen molar-refractivity contribution < 1.29 is 24.0 Å². The summed E-state index contributed by atoms with van der Waals surface area (Å²) in [6.07, 6.45) is 0.452. The Kier molecular flexibility index (Phi) is 7.08. The second-order valence-corrected chi connectivity index (χ2v) is 7.91. The van der Waals surface area contributed by atoms with Crippen LogP contribution in [-0.2, 0) is 11.2 Å². The average molecular weight is 444 g/mol. The summed E-state index contributed by atoms with van der Waals surface area (Å²) in [4.78, 5) is 46.6. The number of urea groups is 1. The highest BCUT2D eigenvalue weighted by Gasteiger charge is 2.31. The molecule has 2 aromatic rings. The molecule has 1 fully saturated rings. The lowest BCUT2D eigenvalue weighted by atomic mass is 10.1. The number of benzene rings is 2. The van der Waals surface area contributed by atoms with Crippen LogP contribution in [0, 0.1) is 10.1 Å². The smallest absolute Gasteiger partial charge is 0.321 e. The van der Waals surface area contributed by atoms with Crippen molar-refractivity contribution in [1.82, 2.24) is 10.2 Å². The number of nitrogens with zero attached hydrogens (tertiary/aromatic N) is 2. The molecule has 2 N–H and O–H groups in total. The van der Waals surface area contributed by atoms with Gasteiger partial charge in [-0.25, -0.2) is 4.79 Å². The van der Waals surface area contributed by atoms with E-state index < -0.39 is 10.2 Å². The van der Waals surface area contributed by atoms with Crippen LogP contribution < -0.4 is 15.4 Å². The number of hydrogen-bond acceptors (Lipinski definition) is 7. The van der Waals surface area contributed by atoms with Crippen LogP contribution in [-0.4, -0.2) is 52.4 Å². The standard InChI is InChI=1S/C20H20N4O6S/c1-23(19(26)21-14-4-6-15(7-5-14)24(28)29)10-11-30-16-8-2-13(3-9-16)12-17-18(25)22-20(27)31-17/h2-9,17H,10-12H2,1H3,(H,21,26)(H,22,25,27). The van der Waals surface area contributed by atoms with E-state index in [0.717, 1.165) is 17.3 Å². The molecule has 1 heterocycles. The lowest BCUT2D eigenvalue weighted by Crippen LogP contribution is -2.34. The number of hydrogen-bond donors (Lipinski definition) is 2. The van der Waals surface area contributed by atoms with Crippen molar-refractivity contribution in [2.24, 2.45) is 0 Å². The van der Waals surface area contributed by atoms with Crippen molar-refractivity contribution in [3.63, 3.8) is 0 Å². The SMILES string of the molecule is CN(CCOc1ccc(CC2SC(=O)NC2=O)cc1)C(=O)Nc1ccc([N+](=O)[O-])cc1. The van der Waals surface area contributed by atoms with Crippen molar-refractivity contribution in [1.29, 1.82) is 0 Å². The van der Waals surface area contributed by atoms with Gasteiger partial charge in [0, 0.05) is 24.9 Å². The molecule has 11 heteroatoms. The van der Waals surface area contributed by atoms with Gasteiger partial charge in [0.1, 0.15) is 12.4 Å². The molecular formula is C20H20N4O6S. The molecule has 0 spiro atoms. The zero-order valence-corrected chi connectivity index (χ0v) is 17.4. The molecule has 162 valence electrons. The number of ether oxygens (including phenoxy) is 1. The Morgan fingerprint density at radius 2 is 1.87 bits per heavy atom. The first-order valence-corrected chi connectivity index (χ1v) is 10.2. The van der Waals surface area contributed by atoms with Crippen molar-refractivity contribution in [3.8, 4) is 5.75 Å². The number of imide groups is 1. The van der Waals surface area contributed by atoms with Crippen LogP contribution in [0.2, 0.25) is 0 Å². The Balaban J connectivity index is 1.41. The van der Waals surface area contributed by atoms with E-state index in [9.17, 15) is 24.5 Å². The van der Waals surface area contributed by atoms with Crippen LogP contribution >= 0.6 is 11.8 Å². The molecule has 1 aliphatic heterocycles. The highest BCUT2D eigenvalue weighted by Crippen LogP contribution is 2.24. The number of thioether (sulfide) groups is 1. The molecule has 0 radical (unpaired) electrons. The van der Waals surface area contributed by atoms with Crippen LogP contribution in [0.15, 0.2) is 48.5 Å². The van der Waals surface area contributed by atoms with Crippen LogP contribution in [0.3, 0.4) is 0 Å². The summed E-state index contributed by atoms with van der Waals surface area (Å²) in [5.74, 6) is 0.345. The molecule has 0 saturated carbocycles. The van der Waals surface area contributed by atoms with Crippen LogP contribution in [0.1, 0.15) is 5.56 Å². The van der Waals surface area contributed by atoms with E-state index in [1.807, 2.05) is 12.1 Å². The van der Waals surface area contributed by atoms with Crippen molar-refractivity contribution in [3.05, 3.63) is 64.2 Å². The lowest BCUT2D eigenvalue weighted by molar-refractivity contribution is -0.384. The van der Waals surface area contributed by atoms with Gasteiger partial charge in [-0.05, 0) is 36.2 Å². The average Bonchev–Trinajstić information content (AvgIpc) is 3.06. The van der Waals surface area contributed by atoms with Gasteiger partial charge in [0.05, 0.1) is 16.7 Å². The topological polar surface area (TPSA) is 131 Å². The predicted molar refractivity (Wildman–Crippen MR) is 115 cm³/mol. The zero-order chi connectivity index (χ0) is 22.4. The number of nitrogens with one attached hydrogen (secondary N) is 2. The highest BCUT2D eigenvalue weighted by molar-refractivity contribution is 8.15. The predicted octanol–water partition coefficient (Wildman–Crippen LogP) is 3.03. The van der Waals surface area contributed by atoms with Gasteiger partial charge >= 0.3 is 6.03 Å². The number of nitro groups is 1. The third-order valence-corrected chi connectivity index (χ3v) is 5.46. The van der Waals surface area contributed by atoms with Crippen molar-refractivity contribution >= 4 is 40.3 Å². The summed E-state index contributed by atoms with van der Waals surface area (Å²) in [6.45, 7) is 0.584. The van der Waals surface area contributed by atoms with Gasteiger partial charge in [-0.2, -0.15) is 0 Å². The maximum atomic E-state index is 12.2. The highest BCUT2D eigenvalue weighted by atomic mass is 32.2. The number of amides is 4. The first-order chi connectivity index (χ1) is 14.8. The van der Waals surface area contributed by atoms with E-state index in [0.29, 0.717) is 24.4 Å². The van der Waals surface area contributed by atoms with Crippen molar-refractivity contribution in [2.75, 3.05) is 25.5 Å². The normalized spacial score (nSPS) is 15.3. The number of carbonyl (C=O) groups excluding carboxylic acids is 3. The largest absolute Gasteiger partial charge is 0.492 e. The Hall–Kier alpha value is -3.60. The summed E-state index contributed by atoms with van der Waals surface area (Å²) >= 11 is 0.991. The Labute approximate surface area is 182 Å². The monoisotopic (exact) mass is 444 g/mol. The summed E-state index contributed by atoms with van der Waals surface area (Å²) in [5.41, 5.74) is 1.31. The molecule has 2 aromatic carbocycles. The van der Waals surface area contributed by atoms with E-state index in [2.05, 4.69) is 10.6 Å². The Bertz CT molecular complexity index is 980. The lowest BCUT2D eigenvalue weighted by Gasteiger charge is -2.18. The molecule has 0 bridgehead atoms. The van der Waals surface area contributed by atoms with E-state index in [1.54, 1.807) is 19.2 Å². The molecule has 3 rings (SSSR count). The summed E-state index contributed by atoms with van der Waals surface area (Å²) < 4.78 is 5.65. The zero-order valence-electron chi connectivity index (χ0n) is 16.6. The minimum Gasteiger partial charge on any atom is -0.492 e. The van der Waals surface area contributed by atoms with E-state index in [1.165, 1.54) is 29.2 Å². The minimum absolute atomic E-state index is 0.0514. The molecule has 1 aliphatic rings. The number of rotatable bonds is 8. The fourth-order valence-electron chi connectivity index (χ4n) is 2.75. The summed E-state index contributed by atoms with van der Waals surface area (Å²) in [7, 11) is 1.61. The number of carbonyl (C=O) groups is 3.